The molecule has 37 heavy (non-hydrogen) atoms. The van der Waals surface area contributed by atoms with Crippen molar-refractivity contribution >= 4 is 10.9 Å². The molecule has 0 bridgehead atoms. The highest BCUT2D eigenvalue weighted by Crippen LogP contribution is 2.38. The minimum absolute atomic E-state index is 0.144. The Hall–Kier alpha value is -3.98. The molecule has 1 N–H and O–H groups in total. The Balaban J connectivity index is 1.11. The molecule has 2 fully saturated rings. The van der Waals surface area contributed by atoms with Crippen molar-refractivity contribution < 1.29 is 4.39 Å². The second kappa shape index (κ2) is 9.15. The van der Waals surface area contributed by atoms with Crippen LogP contribution in [0.3, 0.4) is 0 Å². The van der Waals surface area contributed by atoms with Crippen molar-refractivity contribution in [1.82, 2.24) is 40.1 Å². The normalized spacial score (nSPS) is 18.5. The zero-order valence-corrected chi connectivity index (χ0v) is 20.4. The van der Waals surface area contributed by atoms with Crippen LogP contribution in [0.15, 0.2) is 61.1 Å². The first-order valence-electron chi connectivity index (χ1n) is 12.9. The van der Waals surface area contributed by atoms with Crippen LogP contribution in [0.4, 0.5) is 4.39 Å². The van der Waals surface area contributed by atoms with E-state index >= 15 is 0 Å². The number of fused-ring (bicyclic) bond motifs is 1. The van der Waals surface area contributed by atoms with Crippen molar-refractivity contribution in [2.45, 2.75) is 44.1 Å². The molecule has 5 aromatic rings. The highest BCUT2D eigenvalue weighted by Gasteiger charge is 2.27. The number of halogens is 1. The highest BCUT2D eigenvalue weighted by atomic mass is 19.1. The Labute approximate surface area is 213 Å². The number of H-pyrrole nitrogens is 1. The Morgan fingerprint density at radius 3 is 2.70 bits per heavy atom. The fourth-order valence-corrected chi connectivity index (χ4v) is 5.28. The number of likely N-dealkylation sites (tertiary alicyclic amines) is 1. The average Bonchev–Trinajstić information content (AvgIpc) is 3.51. The summed E-state index contributed by atoms with van der Waals surface area (Å²) in [4.78, 5) is 11.4. The minimum Gasteiger partial charge on any atom is -0.298 e. The summed E-state index contributed by atoms with van der Waals surface area (Å²) < 4.78 is 16.0. The first kappa shape index (κ1) is 22.2. The summed E-state index contributed by atoms with van der Waals surface area (Å²) in [7, 11) is 0. The van der Waals surface area contributed by atoms with Gasteiger partial charge in [0.1, 0.15) is 17.3 Å². The molecule has 0 unspecified atom stereocenters. The van der Waals surface area contributed by atoms with Crippen molar-refractivity contribution in [3.05, 3.63) is 84.0 Å². The molecule has 8 nitrogen and oxygen atoms in total. The molecule has 1 saturated carbocycles. The molecule has 1 atom stereocenters. The van der Waals surface area contributed by atoms with Crippen molar-refractivity contribution in [2.24, 2.45) is 0 Å². The average molecular weight is 495 g/mol. The van der Waals surface area contributed by atoms with Gasteiger partial charge in [0.05, 0.1) is 23.1 Å². The van der Waals surface area contributed by atoms with Crippen LogP contribution in [0.2, 0.25) is 0 Å². The Bertz CT molecular complexity index is 1550. The van der Waals surface area contributed by atoms with E-state index in [4.69, 9.17) is 0 Å². The van der Waals surface area contributed by atoms with Gasteiger partial charge in [0.15, 0.2) is 0 Å². The lowest BCUT2D eigenvalue weighted by atomic mass is 9.95. The maximum absolute atomic E-state index is 14.2. The molecule has 9 heteroatoms. The zero-order chi connectivity index (χ0) is 24.8. The second-order valence-electron chi connectivity index (χ2n) is 10.2. The van der Waals surface area contributed by atoms with Gasteiger partial charge in [-0.2, -0.15) is 5.10 Å². The zero-order valence-electron chi connectivity index (χ0n) is 20.4. The van der Waals surface area contributed by atoms with E-state index in [1.165, 1.54) is 18.9 Å². The van der Waals surface area contributed by atoms with E-state index in [0.29, 0.717) is 12.5 Å². The van der Waals surface area contributed by atoms with E-state index in [1.807, 2.05) is 47.5 Å². The number of aromatic amines is 1. The summed E-state index contributed by atoms with van der Waals surface area (Å²) in [5.41, 5.74) is 5.29. The van der Waals surface area contributed by atoms with Crippen molar-refractivity contribution in [2.75, 3.05) is 13.1 Å². The molecular formula is C28H27FN8. The molecule has 186 valence electrons. The Morgan fingerprint density at radius 1 is 1.00 bits per heavy atom. The molecule has 0 radical (unpaired) electrons. The number of aromatic nitrogens is 7. The monoisotopic (exact) mass is 494 g/mol. The lowest BCUT2D eigenvalue weighted by Gasteiger charge is -2.31. The van der Waals surface area contributed by atoms with Gasteiger partial charge in [-0.05, 0) is 56.5 Å². The van der Waals surface area contributed by atoms with Gasteiger partial charge < -0.3 is 0 Å². The molecule has 4 heterocycles. The van der Waals surface area contributed by atoms with Gasteiger partial charge >= 0.3 is 0 Å². The Morgan fingerprint density at radius 2 is 1.86 bits per heavy atom. The maximum atomic E-state index is 14.2. The fourth-order valence-electron chi connectivity index (χ4n) is 5.28. The van der Waals surface area contributed by atoms with Crippen LogP contribution >= 0.6 is 0 Å². The van der Waals surface area contributed by atoms with Gasteiger partial charge in [0.25, 0.3) is 0 Å². The van der Waals surface area contributed by atoms with E-state index in [-0.39, 0.29) is 11.7 Å². The molecule has 0 spiro atoms. The predicted molar refractivity (Wildman–Crippen MR) is 138 cm³/mol. The topological polar surface area (TPSA) is 88.4 Å². The SMILES string of the molecule is Fc1ccccc1CN1CCC[C@@H](c2cn(-c3ccc4[nH]nc(-c5cnc(C6CC6)nc5)c4c3)nn2)C1. The van der Waals surface area contributed by atoms with Crippen molar-refractivity contribution in [3.8, 4) is 16.9 Å². The van der Waals surface area contributed by atoms with E-state index in [1.54, 1.807) is 6.07 Å². The van der Waals surface area contributed by atoms with Crippen LogP contribution in [0, 0.1) is 5.82 Å². The summed E-state index contributed by atoms with van der Waals surface area (Å²) in [5.74, 6) is 1.57. The van der Waals surface area contributed by atoms with Crippen molar-refractivity contribution in [1.29, 1.82) is 0 Å². The molecule has 1 saturated heterocycles. The van der Waals surface area contributed by atoms with E-state index in [2.05, 4.69) is 41.4 Å². The summed E-state index contributed by atoms with van der Waals surface area (Å²) >= 11 is 0. The second-order valence-corrected chi connectivity index (χ2v) is 10.2. The van der Waals surface area contributed by atoms with Crippen LogP contribution < -0.4 is 0 Å². The minimum atomic E-state index is -0.144. The summed E-state index contributed by atoms with van der Waals surface area (Å²) in [6, 6.07) is 13.1. The number of piperidine rings is 1. The molecule has 0 amide bonds. The lowest BCUT2D eigenvalue weighted by molar-refractivity contribution is 0.196. The van der Waals surface area contributed by atoms with Gasteiger partial charge in [0.2, 0.25) is 0 Å². The van der Waals surface area contributed by atoms with Crippen LogP contribution in [-0.2, 0) is 6.54 Å². The van der Waals surface area contributed by atoms with E-state index in [0.717, 1.165) is 70.9 Å². The molecular weight excluding hydrogens is 467 g/mol. The molecule has 2 aromatic carbocycles. The van der Waals surface area contributed by atoms with Crippen LogP contribution in [-0.4, -0.2) is 53.1 Å². The van der Waals surface area contributed by atoms with Crippen LogP contribution in [0.5, 0.6) is 0 Å². The molecule has 7 rings (SSSR count). The third kappa shape index (κ3) is 4.40. The largest absolute Gasteiger partial charge is 0.298 e. The molecule has 3 aromatic heterocycles. The summed E-state index contributed by atoms with van der Waals surface area (Å²) in [6.45, 7) is 2.42. The number of hydrogen-bond acceptors (Lipinski definition) is 6. The first-order valence-corrected chi connectivity index (χ1v) is 12.9. The summed E-state index contributed by atoms with van der Waals surface area (Å²) in [6.07, 6.45) is 10.2. The van der Waals surface area contributed by atoms with Gasteiger partial charge in [-0.15, -0.1) is 5.10 Å². The van der Waals surface area contributed by atoms with Gasteiger partial charge in [0, 0.05) is 53.8 Å². The molecule has 1 aliphatic carbocycles. The highest BCUT2D eigenvalue weighted by molar-refractivity contribution is 5.93. The fraction of sp³-hybridized carbons (Fsp3) is 0.321. The summed E-state index contributed by atoms with van der Waals surface area (Å²) in [5, 5.41) is 17.6. The number of nitrogens with one attached hydrogen (secondary N) is 1. The predicted octanol–water partition coefficient (Wildman–Crippen LogP) is 5.00. The number of nitrogens with zero attached hydrogens (tertiary/aromatic N) is 7. The number of benzene rings is 2. The molecule has 1 aliphatic heterocycles. The van der Waals surface area contributed by atoms with Gasteiger partial charge in [-0.25, -0.2) is 19.0 Å². The number of hydrogen-bond donors (Lipinski definition) is 1. The maximum Gasteiger partial charge on any atom is 0.131 e. The van der Waals surface area contributed by atoms with Crippen molar-refractivity contribution in [3.63, 3.8) is 0 Å². The number of rotatable bonds is 6. The third-order valence-electron chi connectivity index (χ3n) is 7.49. The lowest BCUT2D eigenvalue weighted by Crippen LogP contribution is -2.34. The molecule has 2 aliphatic rings. The van der Waals surface area contributed by atoms with E-state index < -0.39 is 0 Å². The van der Waals surface area contributed by atoms with Gasteiger partial charge in [-0.1, -0.05) is 23.4 Å². The first-order chi connectivity index (χ1) is 18.2. The van der Waals surface area contributed by atoms with Crippen LogP contribution in [0.1, 0.15) is 54.6 Å². The standard InChI is InChI=1S/C28H27FN8/c29-24-6-2-1-4-19(24)15-36-11-3-5-20(16-36)26-17-37(35-33-26)22-9-10-25-23(12-22)27(34-32-25)21-13-30-28(31-14-21)18-7-8-18/h1-2,4,6,9-10,12-14,17-18,20H,3,5,7-8,11,15-16H2,(H,32,34)/t20-/m1/s1. The smallest absolute Gasteiger partial charge is 0.131 e. The Kier molecular flexibility index (Phi) is 5.50. The third-order valence-corrected chi connectivity index (χ3v) is 7.49. The van der Waals surface area contributed by atoms with Gasteiger partial charge in [-0.3, -0.25) is 10.00 Å². The quantitative estimate of drug-likeness (QED) is 0.358. The van der Waals surface area contributed by atoms with E-state index in [9.17, 15) is 4.39 Å². The van der Waals surface area contributed by atoms with Crippen LogP contribution in [0.25, 0.3) is 27.8 Å².